The summed E-state index contributed by atoms with van der Waals surface area (Å²) in [6.45, 7) is 1.26. The molecular weight excluding hydrogens is 194 g/mol. The molecule has 2 unspecified atom stereocenters. The average molecular weight is 213 g/mol. The summed E-state index contributed by atoms with van der Waals surface area (Å²) in [5, 5.41) is 18.7. The van der Waals surface area contributed by atoms with Crippen LogP contribution in [0.25, 0.3) is 0 Å². The zero-order valence-corrected chi connectivity index (χ0v) is 8.93. The molecule has 0 amide bonds. The SMILES string of the molecule is O=C(CN1CC(O)C(O)C1)C1CCCC1. The summed E-state index contributed by atoms with van der Waals surface area (Å²) in [5.41, 5.74) is 0. The molecular formula is C11H19NO3. The highest BCUT2D eigenvalue weighted by Gasteiger charge is 2.32. The topological polar surface area (TPSA) is 60.8 Å². The van der Waals surface area contributed by atoms with Crippen LogP contribution in [0.4, 0.5) is 0 Å². The molecule has 0 spiro atoms. The second kappa shape index (κ2) is 4.60. The number of likely N-dealkylation sites (tertiary alicyclic amines) is 1. The zero-order chi connectivity index (χ0) is 10.8. The Kier molecular flexibility index (Phi) is 3.38. The van der Waals surface area contributed by atoms with Crippen molar-refractivity contribution in [3.8, 4) is 0 Å². The molecule has 86 valence electrons. The van der Waals surface area contributed by atoms with E-state index in [1.807, 2.05) is 4.90 Å². The van der Waals surface area contributed by atoms with Crippen molar-refractivity contribution >= 4 is 5.78 Å². The number of hydrogen-bond acceptors (Lipinski definition) is 4. The van der Waals surface area contributed by atoms with E-state index in [9.17, 15) is 15.0 Å². The first-order valence-corrected chi connectivity index (χ1v) is 5.78. The van der Waals surface area contributed by atoms with E-state index < -0.39 is 12.2 Å². The number of carbonyl (C=O) groups is 1. The Bertz CT molecular complexity index is 228. The summed E-state index contributed by atoms with van der Waals surface area (Å²) in [6.07, 6.45) is 3.03. The Balaban J connectivity index is 1.79. The summed E-state index contributed by atoms with van der Waals surface area (Å²) in [7, 11) is 0. The first-order chi connectivity index (χ1) is 7.16. The van der Waals surface area contributed by atoms with Gasteiger partial charge in [0.2, 0.25) is 0 Å². The summed E-state index contributed by atoms with van der Waals surface area (Å²) < 4.78 is 0. The third-order valence-electron chi connectivity index (χ3n) is 3.52. The van der Waals surface area contributed by atoms with E-state index in [0.717, 1.165) is 12.8 Å². The second-order valence-corrected chi connectivity index (χ2v) is 4.78. The van der Waals surface area contributed by atoms with Gasteiger partial charge in [-0.25, -0.2) is 0 Å². The van der Waals surface area contributed by atoms with Gasteiger partial charge in [0.1, 0.15) is 5.78 Å². The van der Waals surface area contributed by atoms with Crippen molar-refractivity contribution in [2.75, 3.05) is 19.6 Å². The zero-order valence-electron chi connectivity index (χ0n) is 8.93. The Hall–Kier alpha value is -0.450. The molecule has 1 aliphatic heterocycles. The third kappa shape index (κ3) is 2.56. The van der Waals surface area contributed by atoms with Crippen molar-refractivity contribution in [2.24, 2.45) is 5.92 Å². The van der Waals surface area contributed by atoms with Gasteiger partial charge in [-0.1, -0.05) is 12.8 Å². The molecule has 2 aliphatic rings. The van der Waals surface area contributed by atoms with Crippen LogP contribution in [0.15, 0.2) is 0 Å². The number of β-amino-alcohol motifs (C(OH)–C–C–N with tert-alkyl or cyclic N) is 2. The van der Waals surface area contributed by atoms with Gasteiger partial charge in [-0.15, -0.1) is 0 Å². The molecule has 2 fully saturated rings. The minimum atomic E-state index is -0.679. The van der Waals surface area contributed by atoms with Crippen LogP contribution in [-0.4, -0.2) is 52.7 Å². The minimum Gasteiger partial charge on any atom is -0.389 e. The highest BCUT2D eigenvalue weighted by atomic mass is 16.3. The number of aliphatic hydroxyl groups excluding tert-OH is 2. The number of Topliss-reactive ketones (excluding diaryl/α,β-unsaturated/α-hetero) is 1. The standard InChI is InChI=1S/C11H19NO3/c13-9(8-3-1-2-4-8)5-12-6-10(14)11(15)7-12/h8,10-11,14-15H,1-7H2. The molecule has 4 heteroatoms. The van der Waals surface area contributed by atoms with Gasteiger partial charge in [-0.2, -0.15) is 0 Å². The fraction of sp³-hybridized carbons (Fsp3) is 0.909. The molecule has 15 heavy (non-hydrogen) atoms. The van der Waals surface area contributed by atoms with Gasteiger partial charge >= 0.3 is 0 Å². The van der Waals surface area contributed by atoms with Crippen LogP contribution in [0.2, 0.25) is 0 Å². The van der Waals surface area contributed by atoms with E-state index in [0.29, 0.717) is 19.6 Å². The van der Waals surface area contributed by atoms with E-state index in [2.05, 4.69) is 0 Å². The quantitative estimate of drug-likeness (QED) is 0.680. The van der Waals surface area contributed by atoms with Crippen molar-refractivity contribution in [2.45, 2.75) is 37.9 Å². The van der Waals surface area contributed by atoms with Gasteiger partial charge in [-0.05, 0) is 12.8 Å². The van der Waals surface area contributed by atoms with E-state index in [4.69, 9.17) is 0 Å². The average Bonchev–Trinajstić information content (AvgIpc) is 2.77. The lowest BCUT2D eigenvalue weighted by molar-refractivity contribution is -0.123. The number of carbonyl (C=O) groups excluding carboxylic acids is 1. The molecule has 4 nitrogen and oxygen atoms in total. The van der Waals surface area contributed by atoms with Crippen LogP contribution in [0, 0.1) is 5.92 Å². The van der Waals surface area contributed by atoms with Crippen molar-refractivity contribution in [3.63, 3.8) is 0 Å². The molecule has 0 aromatic heterocycles. The number of nitrogens with zero attached hydrogens (tertiary/aromatic N) is 1. The normalized spacial score (nSPS) is 33.7. The molecule has 0 radical (unpaired) electrons. The Morgan fingerprint density at radius 2 is 1.67 bits per heavy atom. The van der Waals surface area contributed by atoms with Crippen LogP contribution in [0.1, 0.15) is 25.7 Å². The van der Waals surface area contributed by atoms with Gasteiger partial charge < -0.3 is 10.2 Å². The van der Waals surface area contributed by atoms with Crippen molar-refractivity contribution < 1.29 is 15.0 Å². The minimum absolute atomic E-state index is 0.236. The third-order valence-corrected chi connectivity index (χ3v) is 3.52. The van der Waals surface area contributed by atoms with E-state index in [-0.39, 0.29) is 11.7 Å². The summed E-state index contributed by atoms with van der Waals surface area (Å²) >= 11 is 0. The van der Waals surface area contributed by atoms with Crippen LogP contribution in [0.3, 0.4) is 0 Å². The van der Waals surface area contributed by atoms with Crippen LogP contribution in [-0.2, 0) is 4.79 Å². The molecule has 0 aromatic carbocycles. The maximum Gasteiger partial charge on any atom is 0.149 e. The van der Waals surface area contributed by atoms with Crippen molar-refractivity contribution in [1.82, 2.24) is 4.90 Å². The number of ketones is 1. The number of aliphatic hydroxyl groups is 2. The molecule has 1 saturated heterocycles. The first-order valence-electron chi connectivity index (χ1n) is 5.78. The lowest BCUT2D eigenvalue weighted by atomic mass is 10.0. The fourth-order valence-electron chi connectivity index (χ4n) is 2.57. The number of hydrogen-bond donors (Lipinski definition) is 2. The summed E-state index contributed by atoms with van der Waals surface area (Å²) in [6, 6.07) is 0. The fourth-order valence-corrected chi connectivity index (χ4v) is 2.57. The van der Waals surface area contributed by atoms with Gasteiger partial charge in [0.05, 0.1) is 18.8 Å². The maximum atomic E-state index is 11.8. The van der Waals surface area contributed by atoms with Gasteiger partial charge in [0, 0.05) is 19.0 Å². The molecule has 2 N–H and O–H groups in total. The Morgan fingerprint density at radius 1 is 1.13 bits per heavy atom. The lowest BCUT2D eigenvalue weighted by Crippen LogP contribution is -2.31. The second-order valence-electron chi connectivity index (χ2n) is 4.78. The smallest absolute Gasteiger partial charge is 0.149 e. The van der Waals surface area contributed by atoms with Crippen molar-refractivity contribution in [3.05, 3.63) is 0 Å². The van der Waals surface area contributed by atoms with Gasteiger partial charge in [-0.3, -0.25) is 9.69 Å². The highest BCUT2D eigenvalue weighted by Crippen LogP contribution is 2.26. The molecule has 2 atom stereocenters. The van der Waals surface area contributed by atoms with E-state index in [1.165, 1.54) is 12.8 Å². The molecule has 2 rings (SSSR count). The van der Waals surface area contributed by atoms with Crippen LogP contribution < -0.4 is 0 Å². The monoisotopic (exact) mass is 213 g/mol. The Labute approximate surface area is 89.9 Å². The first kappa shape index (κ1) is 11.0. The predicted octanol–water partition coefficient (Wildman–Crippen LogP) is -0.217. The van der Waals surface area contributed by atoms with Gasteiger partial charge in [0.25, 0.3) is 0 Å². The maximum absolute atomic E-state index is 11.8. The lowest BCUT2D eigenvalue weighted by Gasteiger charge is -2.16. The van der Waals surface area contributed by atoms with Crippen molar-refractivity contribution in [1.29, 1.82) is 0 Å². The molecule has 1 aliphatic carbocycles. The Morgan fingerprint density at radius 3 is 2.20 bits per heavy atom. The van der Waals surface area contributed by atoms with Crippen LogP contribution in [0.5, 0.6) is 0 Å². The number of rotatable bonds is 3. The largest absolute Gasteiger partial charge is 0.389 e. The van der Waals surface area contributed by atoms with E-state index in [1.54, 1.807) is 0 Å². The van der Waals surface area contributed by atoms with Gasteiger partial charge in [0.15, 0.2) is 0 Å². The van der Waals surface area contributed by atoms with Crippen LogP contribution >= 0.6 is 0 Å². The van der Waals surface area contributed by atoms with E-state index >= 15 is 0 Å². The molecule has 1 saturated carbocycles. The molecule has 0 bridgehead atoms. The summed E-state index contributed by atoms with van der Waals surface area (Å²) in [5.74, 6) is 0.522. The molecule has 0 aromatic rings. The highest BCUT2D eigenvalue weighted by molar-refractivity contribution is 5.83. The predicted molar refractivity (Wildman–Crippen MR) is 55.4 cm³/mol. The summed E-state index contributed by atoms with van der Waals surface area (Å²) in [4.78, 5) is 13.7. The molecule has 1 heterocycles.